The normalized spacial score (nSPS) is 11.7. The minimum absolute atomic E-state index is 0.0676. The van der Waals surface area contributed by atoms with Gasteiger partial charge in [-0.3, -0.25) is 13.3 Å². The second-order valence-corrected chi connectivity index (χ2v) is 6.40. The number of halogens is 2. The van der Waals surface area contributed by atoms with Gasteiger partial charge in [-0.25, -0.2) is 9.37 Å². The summed E-state index contributed by atoms with van der Waals surface area (Å²) in [5, 5.41) is 2.32. The summed E-state index contributed by atoms with van der Waals surface area (Å²) in [4.78, 5) is 16.4. The first-order chi connectivity index (χ1) is 12.4. The molecule has 2 aromatic rings. The van der Waals surface area contributed by atoms with Crippen LogP contribution in [0.25, 0.3) is 0 Å². The number of methoxy groups -OCH3 is 1. The molecule has 26 heavy (non-hydrogen) atoms. The zero-order valence-corrected chi connectivity index (χ0v) is 15.6. The van der Waals surface area contributed by atoms with Crippen molar-refractivity contribution in [2.45, 2.75) is 13.3 Å². The summed E-state index contributed by atoms with van der Waals surface area (Å²) in [6.07, 6.45) is 1.80. The van der Waals surface area contributed by atoms with Crippen molar-refractivity contribution in [3.05, 3.63) is 46.9 Å². The molecule has 0 aliphatic carbocycles. The zero-order chi connectivity index (χ0) is 19.3. The molecule has 0 aliphatic heterocycles. The van der Waals surface area contributed by atoms with Crippen molar-refractivity contribution in [1.29, 1.82) is 0 Å². The van der Waals surface area contributed by atoms with E-state index in [4.69, 9.17) is 16.3 Å². The van der Waals surface area contributed by atoms with Crippen LogP contribution in [0.4, 0.5) is 15.8 Å². The smallest absolute Gasteiger partial charge is 0.260 e. The molecule has 1 heterocycles. The predicted octanol–water partition coefficient (Wildman–Crippen LogP) is 3.15. The predicted molar refractivity (Wildman–Crippen MR) is 96.7 cm³/mol. The number of nitrogens with one attached hydrogen (secondary N) is 1. The highest BCUT2D eigenvalue weighted by Gasteiger charge is 2.23. The average molecular weight is 401 g/mol. The fourth-order valence-electron chi connectivity index (χ4n) is 2.19. The van der Waals surface area contributed by atoms with E-state index in [9.17, 15) is 17.9 Å². The minimum Gasteiger partial charge on any atom is -0.755 e. The summed E-state index contributed by atoms with van der Waals surface area (Å²) in [7, 11) is 1.45. The molecule has 1 aromatic carbocycles. The maximum atomic E-state index is 14.8. The fourth-order valence-corrected chi connectivity index (χ4v) is 3.05. The van der Waals surface area contributed by atoms with Crippen molar-refractivity contribution in [2.75, 3.05) is 23.3 Å². The molecule has 1 atom stereocenters. The highest BCUT2D eigenvalue weighted by Crippen LogP contribution is 2.30. The average Bonchev–Trinajstić information content (AvgIpc) is 2.61. The van der Waals surface area contributed by atoms with Crippen molar-refractivity contribution in [2.24, 2.45) is 0 Å². The van der Waals surface area contributed by atoms with Gasteiger partial charge >= 0.3 is 0 Å². The Bertz CT molecular complexity index is 820. The van der Waals surface area contributed by atoms with E-state index in [-0.39, 0.29) is 17.3 Å². The summed E-state index contributed by atoms with van der Waals surface area (Å²) in [5.41, 5.74) is -0.399. The number of hydrogen-bond acceptors (Lipinski definition) is 5. The van der Waals surface area contributed by atoms with Crippen molar-refractivity contribution >= 4 is 40.1 Å². The Kier molecular flexibility index (Phi) is 6.90. The van der Waals surface area contributed by atoms with Crippen LogP contribution in [0.15, 0.2) is 30.5 Å². The molecule has 7 nitrogen and oxygen atoms in total. The van der Waals surface area contributed by atoms with Crippen LogP contribution in [0.1, 0.15) is 23.7 Å². The zero-order valence-electron chi connectivity index (χ0n) is 14.0. The second-order valence-electron chi connectivity index (χ2n) is 5.12. The Morgan fingerprint density at radius 3 is 2.69 bits per heavy atom. The van der Waals surface area contributed by atoms with Crippen LogP contribution in [0.3, 0.4) is 0 Å². The molecule has 0 bridgehead atoms. The van der Waals surface area contributed by atoms with Gasteiger partial charge in [-0.15, -0.1) is 0 Å². The van der Waals surface area contributed by atoms with Gasteiger partial charge in [0.2, 0.25) is 5.88 Å². The molecule has 1 aromatic heterocycles. The minimum atomic E-state index is -2.69. The lowest BCUT2D eigenvalue weighted by molar-refractivity contribution is 0.102. The van der Waals surface area contributed by atoms with Crippen LogP contribution in [-0.4, -0.2) is 33.3 Å². The van der Waals surface area contributed by atoms with Crippen LogP contribution in [-0.2, 0) is 11.3 Å². The topological polar surface area (TPSA) is 94.6 Å². The van der Waals surface area contributed by atoms with Gasteiger partial charge in [0.05, 0.1) is 35.3 Å². The van der Waals surface area contributed by atoms with Crippen molar-refractivity contribution in [3.8, 4) is 5.88 Å². The van der Waals surface area contributed by atoms with Crippen LogP contribution >= 0.6 is 11.6 Å². The van der Waals surface area contributed by atoms with Crippen molar-refractivity contribution in [1.82, 2.24) is 4.98 Å². The molecule has 0 aliphatic rings. The molecule has 1 amide bonds. The monoisotopic (exact) mass is 400 g/mol. The van der Waals surface area contributed by atoms with Crippen LogP contribution in [0.5, 0.6) is 5.88 Å². The quantitative estimate of drug-likeness (QED) is 0.720. The SMILES string of the molecule is CCCN(c1ccc(Cl)c(C(=O)Nc2ccc(OC)nc2)c1F)S(=O)[O-]. The molecular formula is C16H16ClFN3O4S-. The van der Waals surface area contributed by atoms with Crippen LogP contribution in [0, 0.1) is 5.82 Å². The number of pyridine rings is 1. The maximum absolute atomic E-state index is 14.8. The van der Waals surface area contributed by atoms with E-state index in [1.165, 1.54) is 37.6 Å². The highest BCUT2D eigenvalue weighted by molar-refractivity contribution is 7.80. The summed E-state index contributed by atoms with van der Waals surface area (Å²) in [6.45, 7) is 1.82. The molecule has 0 saturated carbocycles. The Morgan fingerprint density at radius 1 is 1.42 bits per heavy atom. The third kappa shape index (κ3) is 4.48. The molecule has 0 spiro atoms. The number of ether oxygens (including phenoxy) is 1. The summed E-state index contributed by atoms with van der Waals surface area (Å²) in [5.74, 6) is -1.49. The lowest BCUT2D eigenvalue weighted by atomic mass is 10.1. The number of aromatic nitrogens is 1. The Morgan fingerprint density at radius 2 is 2.15 bits per heavy atom. The van der Waals surface area contributed by atoms with E-state index in [1.807, 2.05) is 0 Å². The Hall–Kier alpha value is -2.23. The summed E-state index contributed by atoms with van der Waals surface area (Å²) in [6, 6.07) is 5.54. The Balaban J connectivity index is 2.36. The first-order valence-electron chi connectivity index (χ1n) is 7.55. The number of carbonyl (C=O) groups is 1. The number of nitrogens with zero attached hydrogens (tertiary/aromatic N) is 2. The van der Waals surface area contributed by atoms with Gasteiger partial charge in [0.1, 0.15) is 0 Å². The van der Waals surface area contributed by atoms with Gasteiger partial charge in [0, 0.05) is 23.9 Å². The van der Waals surface area contributed by atoms with E-state index < -0.39 is 28.6 Å². The molecule has 2 rings (SSSR count). The number of amides is 1. The first-order valence-corrected chi connectivity index (χ1v) is 8.96. The van der Waals surface area contributed by atoms with Crippen LogP contribution in [0.2, 0.25) is 5.02 Å². The van der Waals surface area contributed by atoms with Crippen molar-refractivity contribution < 1.29 is 22.7 Å². The Labute approximate surface area is 157 Å². The third-order valence-corrected chi connectivity index (χ3v) is 4.43. The lowest BCUT2D eigenvalue weighted by Gasteiger charge is -2.27. The molecule has 1 N–H and O–H groups in total. The molecule has 0 fully saturated rings. The first kappa shape index (κ1) is 20.1. The number of rotatable bonds is 7. The molecule has 140 valence electrons. The van der Waals surface area contributed by atoms with Gasteiger partial charge in [0.25, 0.3) is 5.91 Å². The van der Waals surface area contributed by atoms with Crippen molar-refractivity contribution in [3.63, 3.8) is 0 Å². The van der Waals surface area contributed by atoms with E-state index in [2.05, 4.69) is 10.3 Å². The fraction of sp³-hybridized carbons (Fsp3) is 0.250. The van der Waals surface area contributed by atoms with Gasteiger partial charge < -0.3 is 14.6 Å². The molecule has 0 saturated heterocycles. The van der Waals surface area contributed by atoms with Gasteiger partial charge in [-0.1, -0.05) is 18.5 Å². The number of hydrogen-bond donors (Lipinski definition) is 1. The van der Waals surface area contributed by atoms with E-state index in [0.29, 0.717) is 18.0 Å². The van der Waals surface area contributed by atoms with E-state index in [0.717, 1.165) is 4.31 Å². The number of anilines is 2. The number of carbonyl (C=O) groups excluding carboxylic acids is 1. The van der Waals surface area contributed by atoms with Gasteiger partial charge in [-0.05, 0) is 24.6 Å². The maximum Gasteiger partial charge on any atom is 0.260 e. The highest BCUT2D eigenvalue weighted by atomic mass is 35.5. The largest absolute Gasteiger partial charge is 0.755 e. The third-order valence-electron chi connectivity index (χ3n) is 3.38. The van der Waals surface area contributed by atoms with Crippen LogP contribution < -0.4 is 14.4 Å². The standard InChI is InChI=1S/C16H17ClFN3O4S/c1-3-8-21(26(23)24)12-6-5-11(17)14(15(12)18)16(22)20-10-4-7-13(25-2)19-9-10/h4-7,9H,3,8H2,1-2H3,(H,20,22)(H,23,24)/p-1. The van der Waals surface area contributed by atoms with E-state index >= 15 is 0 Å². The molecular weight excluding hydrogens is 385 g/mol. The lowest BCUT2D eigenvalue weighted by Crippen LogP contribution is -2.28. The molecule has 1 unspecified atom stereocenters. The second kappa shape index (κ2) is 8.93. The summed E-state index contributed by atoms with van der Waals surface area (Å²) < 4.78 is 43.3. The molecule has 10 heteroatoms. The number of benzene rings is 1. The summed E-state index contributed by atoms with van der Waals surface area (Å²) >= 11 is 3.27. The van der Waals surface area contributed by atoms with Gasteiger partial charge in [0.15, 0.2) is 5.82 Å². The molecule has 0 radical (unpaired) electrons. The van der Waals surface area contributed by atoms with E-state index in [1.54, 1.807) is 6.92 Å². The van der Waals surface area contributed by atoms with Gasteiger partial charge in [-0.2, -0.15) is 0 Å².